The third kappa shape index (κ3) is 5.24. The smallest absolute Gasteiger partial charge is 0.212 e. The van der Waals surface area contributed by atoms with Gasteiger partial charge in [0.25, 0.3) is 0 Å². The second-order valence-electron chi connectivity index (χ2n) is 4.29. The maximum Gasteiger partial charge on any atom is 0.212 e. The molecule has 0 aliphatic carbocycles. The van der Waals surface area contributed by atoms with E-state index in [1.807, 2.05) is 17.5 Å². The van der Waals surface area contributed by atoms with Crippen molar-refractivity contribution in [3.63, 3.8) is 0 Å². The Bertz CT molecular complexity index is 428. The van der Waals surface area contributed by atoms with Crippen LogP contribution in [0.25, 0.3) is 0 Å². The molecule has 0 aromatic carbocycles. The maximum atomic E-state index is 11.9. The van der Waals surface area contributed by atoms with Crippen molar-refractivity contribution in [3.05, 3.63) is 22.4 Å². The highest BCUT2D eigenvalue weighted by atomic mass is 35.5. The Morgan fingerprint density at radius 3 is 2.72 bits per heavy atom. The molecule has 1 aromatic heterocycles. The summed E-state index contributed by atoms with van der Waals surface area (Å²) < 4.78 is 26.5. The van der Waals surface area contributed by atoms with Gasteiger partial charge in [-0.15, -0.1) is 23.7 Å². The van der Waals surface area contributed by atoms with Crippen molar-refractivity contribution >= 4 is 33.8 Å². The summed E-state index contributed by atoms with van der Waals surface area (Å²) in [5.41, 5.74) is 0. The fourth-order valence-electron chi connectivity index (χ4n) is 1.94. The van der Waals surface area contributed by atoms with E-state index in [9.17, 15) is 8.42 Å². The predicted molar refractivity (Wildman–Crippen MR) is 78.1 cm³/mol. The lowest BCUT2D eigenvalue weighted by Gasteiger charge is -2.23. The Morgan fingerprint density at radius 2 is 2.11 bits per heavy atom. The number of hydrogen-bond donors (Lipinski definition) is 2. The van der Waals surface area contributed by atoms with Gasteiger partial charge in [-0.25, -0.2) is 13.1 Å². The Kier molecular flexibility index (Phi) is 6.59. The zero-order valence-electron chi connectivity index (χ0n) is 10.1. The first-order valence-corrected chi connectivity index (χ1v) is 8.42. The standard InChI is InChI=1S/C11H18N2O2S2.ClH/c14-17(15,9-5-11-2-1-8-16-11)13-10-3-6-12-7-4-10;/h1-2,8,10,12-13H,3-7,9H2;1H. The topological polar surface area (TPSA) is 58.2 Å². The Labute approximate surface area is 119 Å². The molecule has 1 aromatic rings. The van der Waals surface area contributed by atoms with Crippen LogP contribution in [0.5, 0.6) is 0 Å². The van der Waals surface area contributed by atoms with Crippen LogP contribution in [0.2, 0.25) is 0 Å². The molecule has 1 aliphatic heterocycles. The van der Waals surface area contributed by atoms with E-state index >= 15 is 0 Å². The summed E-state index contributed by atoms with van der Waals surface area (Å²) in [6.45, 7) is 1.80. The molecule has 2 rings (SSSR count). The Morgan fingerprint density at radius 1 is 1.39 bits per heavy atom. The fraction of sp³-hybridized carbons (Fsp3) is 0.636. The molecule has 2 N–H and O–H groups in total. The normalized spacial score (nSPS) is 17.3. The molecule has 7 heteroatoms. The highest BCUT2D eigenvalue weighted by Crippen LogP contribution is 2.11. The molecule has 0 spiro atoms. The lowest BCUT2D eigenvalue weighted by molar-refractivity contribution is 0.427. The molecule has 1 fully saturated rings. The molecule has 0 amide bonds. The summed E-state index contributed by atoms with van der Waals surface area (Å²) in [4.78, 5) is 1.13. The third-order valence-electron chi connectivity index (χ3n) is 2.88. The monoisotopic (exact) mass is 310 g/mol. The van der Waals surface area contributed by atoms with Crippen molar-refractivity contribution in [1.82, 2.24) is 10.0 Å². The molecule has 104 valence electrons. The predicted octanol–water partition coefficient (Wildman–Crippen LogP) is 1.38. The van der Waals surface area contributed by atoms with Crippen molar-refractivity contribution < 1.29 is 8.42 Å². The van der Waals surface area contributed by atoms with Crippen LogP contribution in [0.1, 0.15) is 17.7 Å². The first kappa shape index (κ1) is 15.9. The lowest BCUT2D eigenvalue weighted by Crippen LogP contribution is -2.43. The second-order valence-corrected chi connectivity index (χ2v) is 7.20. The zero-order chi connectivity index (χ0) is 12.1. The Balaban J connectivity index is 0.00000162. The molecule has 4 nitrogen and oxygen atoms in total. The van der Waals surface area contributed by atoms with E-state index in [1.165, 1.54) is 0 Å². The number of piperidine rings is 1. The molecular formula is C11H19ClN2O2S2. The molecule has 1 aliphatic rings. The zero-order valence-corrected chi connectivity index (χ0v) is 12.5. The summed E-state index contributed by atoms with van der Waals surface area (Å²) in [6.07, 6.45) is 2.38. The summed E-state index contributed by atoms with van der Waals surface area (Å²) in [5.74, 6) is 0.192. The van der Waals surface area contributed by atoms with Crippen molar-refractivity contribution in [2.45, 2.75) is 25.3 Å². The first-order valence-electron chi connectivity index (χ1n) is 5.89. The Hall–Kier alpha value is -0.140. The van der Waals surface area contributed by atoms with E-state index in [0.29, 0.717) is 6.42 Å². The van der Waals surface area contributed by atoms with Crippen LogP contribution in [-0.2, 0) is 16.4 Å². The van der Waals surface area contributed by atoms with E-state index in [0.717, 1.165) is 30.8 Å². The summed E-state index contributed by atoms with van der Waals surface area (Å²) in [6, 6.07) is 4.04. The summed E-state index contributed by atoms with van der Waals surface area (Å²) >= 11 is 1.61. The van der Waals surface area contributed by atoms with Crippen LogP contribution in [0.4, 0.5) is 0 Å². The molecule has 0 bridgehead atoms. The van der Waals surface area contributed by atoms with Crippen molar-refractivity contribution in [2.24, 2.45) is 0 Å². The van der Waals surface area contributed by atoms with Crippen LogP contribution in [-0.4, -0.2) is 33.3 Å². The minimum Gasteiger partial charge on any atom is -0.317 e. The van der Waals surface area contributed by atoms with Gasteiger partial charge in [-0.3, -0.25) is 0 Å². The molecular weight excluding hydrogens is 292 g/mol. The van der Waals surface area contributed by atoms with Gasteiger partial charge in [-0.2, -0.15) is 0 Å². The van der Waals surface area contributed by atoms with Crippen molar-refractivity contribution in [2.75, 3.05) is 18.8 Å². The van der Waals surface area contributed by atoms with Gasteiger partial charge < -0.3 is 5.32 Å². The van der Waals surface area contributed by atoms with Gasteiger partial charge in [0.05, 0.1) is 5.75 Å². The molecule has 0 radical (unpaired) electrons. The van der Waals surface area contributed by atoms with E-state index in [-0.39, 0.29) is 24.2 Å². The van der Waals surface area contributed by atoms with E-state index < -0.39 is 10.0 Å². The van der Waals surface area contributed by atoms with Gasteiger partial charge >= 0.3 is 0 Å². The van der Waals surface area contributed by atoms with Crippen LogP contribution in [0.15, 0.2) is 17.5 Å². The van der Waals surface area contributed by atoms with Gasteiger partial charge in [0.2, 0.25) is 10.0 Å². The van der Waals surface area contributed by atoms with Crippen molar-refractivity contribution in [3.8, 4) is 0 Å². The summed E-state index contributed by atoms with van der Waals surface area (Å²) in [5, 5.41) is 5.20. The maximum absolute atomic E-state index is 11.9. The SMILES string of the molecule is Cl.O=S(=O)(CCc1cccs1)NC1CCNCC1. The van der Waals surface area contributed by atoms with E-state index in [1.54, 1.807) is 11.3 Å². The van der Waals surface area contributed by atoms with Crippen LogP contribution in [0.3, 0.4) is 0 Å². The minimum atomic E-state index is -3.13. The first-order chi connectivity index (χ1) is 8.16. The molecule has 18 heavy (non-hydrogen) atoms. The average Bonchev–Trinajstić information content (AvgIpc) is 2.80. The van der Waals surface area contributed by atoms with Gasteiger partial charge in [-0.05, 0) is 43.8 Å². The number of thiophene rings is 1. The minimum absolute atomic E-state index is 0. The van der Waals surface area contributed by atoms with Crippen LogP contribution >= 0.6 is 23.7 Å². The average molecular weight is 311 g/mol. The number of halogens is 1. The van der Waals surface area contributed by atoms with E-state index in [4.69, 9.17) is 0 Å². The number of rotatable bonds is 5. The number of sulfonamides is 1. The van der Waals surface area contributed by atoms with Gasteiger partial charge in [-0.1, -0.05) is 6.07 Å². The van der Waals surface area contributed by atoms with Gasteiger partial charge in [0, 0.05) is 10.9 Å². The highest BCUT2D eigenvalue weighted by Gasteiger charge is 2.19. The molecule has 1 saturated heterocycles. The molecule has 2 heterocycles. The quantitative estimate of drug-likeness (QED) is 0.864. The lowest BCUT2D eigenvalue weighted by atomic mass is 10.1. The number of nitrogens with one attached hydrogen (secondary N) is 2. The molecule has 0 saturated carbocycles. The molecule has 0 unspecified atom stereocenters. The molecule has 0 atom stereocenters. The second kappa shape index (κ2) is 7.45. The van der Waals surface area contributed by atoms with Crippen LogP contribution < -0.4 is 10.0 Å². The van der Waals surface area contributed by atoms with Crippen LogP contribution in [0, 0.1) is 0 Å². The summed E-state index contributed by atoms with van der Waals surface area (Å²) in [7, 11) is -3.13. The number of hydrogen-bond acceptors (Lipinski definition) is 4. The van der Waals surface area contributed by atoms with Gasteiger partial charge in [0.15, 0.2) is 0 Å². The fourth-order valence-corrected chi connectivity index (χ4v) is 4.13. The van der Waals surface area contributed by atoms with Gasteiger partial charge in [0.1, 0.15) is 0 Å². The highest BCUT2D eigenvalue weighted by molar-refractivity contribution is 7.89. The van der Waals surface area contributed by atoms with E-state index in [2.05, 4.69) is 10.0 Å². The number of aryl methyl sites for hydroxylation is 1. The van der Waals surface area contributed by atoms with Crippen molar-refractivity contribution in [1.29, 1.82) is 0 Å². The largest absolute Gasteiger partial charge is 0.317 e. The third-order valence-corrected chi connectivity index (χ3v) is 5.25.